The van der Waals surface area contributed by atoms with Crippen LogP contribution in [0.2, 0.25) is 0 Å². The maximum absolute atomic E-state index is 12.2. The number of nitrogens with zero attached hydrogens (tertiary/aromatic N) is 1. The van der Waals surface area contributed by atoms with Crippen LogP contribution >= 0.6 is 0 Å². The number of likely N-dealkylation sites (tertiary alicyclic amines) is 1. The predicted octanol–water partition coefficient (Wildman–Crippen LogP) is 3.34. The second-order valence-corrected chi connectivity index (χ2v) is 7.49. The van der Waals surface area contributed by atoms with Crippen LogP contribution in [0, 0.1) is 20.8 Å². The quantitative estimate of drug-likeness (QED) is 0.727. The maximum atomic E-state index is 12.2. The van der Waals surface area contributed by atoms with Crippen molar-refractivity contribution in [2.24, 2.45) is 0 Å². The van der Waals surface area contributed by atoms with Crippen LogP contribution in [-0.4, -0.2) is 50.3 Å². The Morgan fingerprint density at radius 2 is 1.85 bits per heavy atom. The van der Waals surface area contributed by atoms with E-state index in [9.17, 15) is 4.79 Å². The molecular weight excluding hydrogens is 330 g/mol. The van der Waals surface area contributed by atoms with Gasteiger partial charge in [-0.05, 0) is 63.4 Å². The van der Waals surface area contributed by atoms with Gasteiger partial charge in [-0.2, -0.15) is 0 Å². The second-order valence-electron chi connectivity index (χ2n) is 7.49. The molecule has 0 aromatic heterocycles. The number of ether oxygens (including phenoxy) is 3. The summed E-state index contributed by atoms with van der Waals surface area (Å²) in [5, 5.41) is 0. The molecule has 2 aliphatic heterocycles. The summed E-state index contributed by atoms with van der Waals surface area (Å²) < 4.78 is 17.1. The molecule has 1 aromatic rings. The Hall–Kier alpha value is -1.75. The monoisotopic (exact) mass is 361 g/mol. The van der Waals surface area contributed by atoms with Gasteiger partial charge in [0.1, 0.15) is 24.2 Å². The average Bonchev–Trinajstić information content (AvgIpc) is 3.05. The number of fused-ring (bicyclic) bond motifs is 1. The van der Waals surface area contributed by atoms with Crippen LogP contribution in [0.1, 0.15) is 47.9 Å². The first-order valence-electron chi connectivity index (χ1n) is 9.72. The topological polar surface area (TPSA) is 48.0 Å². The molecule has 0 N–H and O–H groups in total. The van der Waals surface area contributed by atoms with Crippen molar-refractivity contribution in [1.82, 2.24) is 4.90 Å². The fourth-order valence-corrected chi connectivity index (χ4v) is 4.13. The average molecular weight is 361 g/mol. The molecule has 5 nitrogen and oxygen atoms in total. The van der Waals surface area contributed by atoms with Gasteiger partial charge in [-0.3, -0.25) is 9.69 Å². The van der Waals surface area contributed by atoms with E-state index in [0.29, 0.717) is 13.0 Å². The molecule has 2 heterocycles. The zero-order valence-corrected chi connectivity index (χ0v) is 16.5. The molecule has 0 aliphatic carbocycles. The summed E-state index contributed by atoms with van der Waals surface area (Å²) in [7, 11) is 1.70. The normalized spacial score (nSPS) is 19.8. The van der Waals surface area contributed by atoms with Crippen molar-refractivity contribution in [3.05, 3.63) is 22.3 Å². The molecule has 0 saturated carbocycles. The summed E-state index contributed by atoms with van der Waals surface area (Å²) in [6.45, 7) is 9.72. The van der Waals surface area contributed by atoms with Crippen molar-refractivity contribution in [1.29, 1.82) is 0 Å². The molecule has 1 unspecified atom stereocenters. The van der Waals surface area contributed by atoms with Crippen LogP contribution in [0.25, 0.3) is 0 Å². The molecule has 0 amide bonds. The van der Waals surface area contributed by atoms with Crippen molar-refractivity contribution < 1.29 is 19.0 Å². The first-order valence-corrected chi connectivity index (χ1v) is 9.72. The fraction of sp³-hybridized carbons (Fsp3) is 0.667. The van der Waals surface area contributed by atoms with E-state index >= 15 is 0 Å². The lowest BCUT2D eigenvalue weighted by Crippen LogP contribution is -2.33. The van der Waals surface area contributed by atoms with E-state index in [1.54, 1.807) is 7.11 Å². The van der Waals surface area contributed by atoms with Gasteiger partial charge in [0.25, 0.3) is 0 Å². The Kier molecular flexibility index (Phi) is 6.07. The number of hydrogen-bond donors (Lipinski definition) is 0. The number of rotatable bonds is 6. The van der Waals surface area contributed by atoms with Gasteiger partial charge in [-0.1, -0.05) is 6.42 Å². The van der Waals surface area contributed by atoms with E-state index in [-0.39, 0.29) is 12.1 Å². The summed E-state index contributed by atoms with van der Waals surface area (Å²) in [5.74, 6) is 1.68. The highest BCUT2D eigenvalue weighted by Crippen LogP contribution is 2.42. The van der Waals surface area contributed by atoms with E-state index in [4.69, 9.17) is 14.2 Å². The van der Waals surface area contributed by atoms with Crippen molar-refractivity contribution in [3.63, 3.8) is 0 Å². The molecule has 0 radical (unpaired) electrons. The van der Waals surface area contributed by atoms with E-state index in [2.05, 4.69) is 18.7 Å². The van der Waals surface area contributed by atoms with Crippen LogP contribution in [0.3, 0.4) is 0 Å². The Morgan fingerprint density at radius 1 is 1.12 bits per heavy atom. The lowest BCUT2D eigenvalue weighted by atomic mass is 9.95. The van der Waals surface area contributed by atoms with Crippen LogP contribution in [0.15, 0.2) is 0 Å². The zero-order valence-electron chi connectivity index (χ0n) is 16.5. The Morgan fingerprint density at radius 3 is 2.54 bits per heavy atom. The van der Waals surface area contributed by atoms with Crippen LogP contribution < -0.4 is 9.47 Å². The fourth-order valence-electron chi connectivity index (χ4n) is 4.13. The summed E-state index contributed by atoms with van der Waals surface area (Å²) in [6, 6.07) is 0. The minimum Gasteiger partial charge on any atom is -0.496 e. The molecule has 3 rings (SSSR count). The van der Waals surface area contributed by atoms with Crippen molar-refractivity contribution >= 4 is 5.97 Å². The number of hydrogen-bond acceptors (Lipinski definition) is 5. The van der Waals surface area contributed by atoms with Gasteiger partial charge in [-0.25, -0.2) is 0 Å². The maximum Gasteiger partial charge on any atom is 0.309 e. The Balaban J connectivity index is 1.52. The van der Waals surface area contributed by atoms with Gasteiger partial charge >= 0.3 is 5.97 Å². The van der Waals surface area contributed by atoms with Crippen LogP contribution in [-0.2, 0) is 16.0 Å². The molecule has 1 saturated heterocycles. The number of carbonyl (C=O) groups excluding carboxylic acids is 1. The highest BCUT2D eigenvalue weighted by atomic mass is 16.5. The number of carbonyl (C=O) groups is 1. The van der Waals surface area contributed by atoms with Crippen LogP contribution in [0.5, 0.6) is 11.5 Å². The van der Waals surface area contributed by atoms with E-state index in [1.807, 2.05) is 6.92 Å². The van der Waals surface area contributed by atoms with E-state index < -0.39 is 0 Å². The van der Waals surface area contributed by atoms with E-state index in [1.165, 1.54) is 19.3 Å². The van der Waals surface area contributed by atoms with Crippen molar-refractivity contribution in [3.8, 4) is 11.5 Å². The third-order valence-electron chi connectivity index (χ3n) is 5.75. The van der Waals surface area contributed by atoms with Crippen LogP contribution in [0.4, 0.5) is 0 Å². The summed E-state index contributed by atoms with van der Waals surface area (Å²) >= 11 is 0. The first kappa shape index (κ1) is 19.0. The molecule has 5 heteroatoms. The van der Waals surface area contributed by atoms with Gasteiger partial charge < -0.3 is 14.2 Å². The Bertz CT molecular complexity index is 665. The van der Waals surface area contributed by atoms with Gasteiger partial charge in [-0.15, -0.1) is 0 Å². The minimum absolute atomic E-state index is 0.142. The minimum atomic E-state index is -0.168. The van der Waals surface area contributed by atoms with Gasteiger partial charge in [0.15, 0.2) is 0 Å². The molecular formula is C21H31NO4. The third kappa shape index (κ3) is 3.98. The molecule has 26 heavy (non-hydrogen) atoms. The first-order chi connectivity index (χ1) is 12.5. The summed E-state index contributed by atoms with van der Waals surface area (Å²) in [5.41, 5.74) is 4.49. The second kappa shape index (κ2) is 8.30. The standard InChI is InChI=1S/C21H31NO4/c1-14-15(2)21-18(16(3)20(14)24-4)12-17(26-21)13-19(23)25-11-10-22-8-6-5-7-9-22/h17H,5-13H2,1-4H3. The Labute approximate surface area is 156 Å². The molecule has 1 aromatic carbocycles. The lowest BCUT2D eigenvalue weighted by molar-refractivity contribution is -0.145. The molecule has 1 atom stereocenters. The SMILES string of the molecule is COc1c(C)c(C)c2c(c1C)CC(CC(=O)OCCN1CCCCC1)O2. The highest BCUT2D eigenvalue weighted by Gasteiger charge is 2.31. The molecule has 0 spiro atoms. The number of piperidine rings is 1. The molecule has 2 aliphatic rings. The number of methoxy groups -OCH3 is 1. The van der Waals surface area contributed by atoms with Gasteiger partial charge in [0.05, 0.1) is 13.5 Å². The smallest absolute Gasteiger partial charge is 0.309 e. The predicted molar refractivity (Wildman–Crippen MR) is 101 cm³/mol. The highest BCUT2D eigenvalue weighted by molar-refractivity contribution is 5.71. The van der Waals surface area contributed by atoms with E-state index in [0.717, 1.165) is 59.8 Å². The third-order valence-corrected chi connectivity index (χ3v) is 5.75. The molecule has 144 valence electrons. The van der Waals surface area contributed by atoms with Gasteiger partial charge in [0.2, 0.25) is 0 Å². The number of esters is 1. The molecule has 0 bridgehead atoms. The van der Waals surface area contributed by atoms with Crippen molar-refractivity contribution in [2.45, 2.75) is 59.0 Å². The lowest BCUT2D eigenvalue weighted by Gasteiger charge is -2.26. The largest absolute Gasteiger partial charge is 0.496 e. The van der Waals surface area contributed by atoms with Crippen molar-refractivity contribution in [2.75, 3.05) is 33.4 Å². The molecule has 1 fully saturated rings. The summed E-state index contributed by atoms with van der Waals surface area (Å²) in [4.78, 5) is 14.6. The number of benzene rings is 1. The summed E-state index contributed by atoms with van der Waals surface area (Å²) in [6.07, 6.45) is 4.72. The zero-order chi connectivity index (χ0) is 18.7. The van der Waals surface area contributed by atoms with Gasteiger partial charge in [0, 0.05) is 18.5 Å².